The summed E-state index contributed by atoms with van der Waals surface area (Å²) in [6, 6.07) is 0. The second kappa shape index (κ2) is 7.58. The van der Waals surface area contributed by atoms with E-state index in [1.165, 1.54) is 5.57 Å². The van der Waals surface area contributed by atoms with Crippen LogP contribution in [0.5, 0.6) is 0 Å². The predicted octanol–water partition coefficient (Wildman–Crippen LogP) is 3.10. The summed E-state index contributed by atoms with van der Waals surface area (Å²) in [6.45, 7) is 5.76. The summed E-state index contributed by atoms with van der Waals surface area (Å²) in [5.41, 5.74) is 11.2. The molecule has 0 bridgehead atoms. The highest BCUT2D eigenvalue weighted by Crippen LogP contribution is 2.66. The number of aliphatic hydroxyl groups excluding tert-OH is 1. The number of ketones is 1. The number of allylic oxidation sites excluding steroid dienone is 3. The molecule has 0 saturated heterocycles. The molecule has 1 unspecified atom stereocenters. The average Bonchev–Trinajstić information content (AvgIpc) is 2.98. The second-order valence-corrected chi connectivity index (χ2v) is 9.88. The third kappa shape index (κ3) is 3.06. The van der Waals surface area contributed by atoms with Crippen LogP contribution in [0.15, 0.2) is 23.4 Å². The van der Waals surface area contributed by atoms with Crippen molar-refractivity contribution in [3.63, 3.8) is 0 Å². The van der Waals surface area contributed by atoms with Gasteiger partial charge in [0.05, 0.1) is 13.2 Å². The van der Waals surface area contributed by atoms with Gasteiger partial charge in [0, 0.05) is 30.0 Å². The molecule has 5 heteroatoms. The maximum Gasteiger partial charge on any atom is 0.139 e. The first-order chi connectivity index (χ1) is 13.4. The smallest absolute Gasteiger partial charge is 0.139 e. The number of hydrogen-bond acceptors (Lipinski definition) is 5. The zero-order valence-electron chi connectivity index (χ0n) is 17.4. The van der Waals surface area contributed by atoms with Crippen LogP contribution in [0.4, 0.5) is 0 Å². The molecule has 4 aliphatic rings. The number of Topliss-reactive ketones (excluding diaryl/α,β-unsaturated/α-hetero) is 1. The fraction of sp³-hybridized carbons (Fsp3) is 0.783. The van der Waals surface area contributed by atoms with Crippen molar-refractivity contribution in [1.29, 1.82) is 0 Å². The van der Waals surface area contributed by atoms with Crippen molar-refractivity contribution in [2.24, 2.45) is 40.2 Å². The number of rotatable bonds is 5. The molecule has 28 heavy (non-hydrogen) atoms. The zero-order chi connectivity index (χ0) is 19.9. The Bertz CT molecular complexity index is 687. The molecule has 0 amide bonds. The quantitative estimate of drug-likeness (QED) is 0.383. The van der Waals surface area contributed by atoms with Gasteiger partial charge in [0.1, 0.15) is 5.78 Å². The minimum Gasteiger partial charge on any atom is -0.392 e. The van der Waals surface area contributed by atoms with Crippen LogP contribution in [-0.2, 0) is 9.63 Å². The lowest BCUT2D eigenvalue weighted by Crippen LogP contribution is -2.53. The highest BCUT2D eigenvalue weighted by Gasteiger charge is 2.60. The van der Waals surface area contributed by atoms with Gasteiger partial charge in [-0.2, -0.15) is 0 Å². The fourth-order valence-corrected chi connectivity index (χ4v) is 7.16. The Morgan fingerprint density at radius 2 is 2.11 bits per heavy atom. The molecule has 156 valence electrons. The molecule has 0 spiro atoms. The minimum atomic E-state index is -0.109. The molecule has 0 heterocycles. The van der Waals surface area contributed by atoms with E-state index in [1.807, 2.05) is 6.08 Å². The summed E-state index contributed by atoms with van der Waals surface area (Å²) in [6.07, 6.45) is 11.5. The van der Waals surface area contributed by atoms with E-state index in [1.54, 1.807) is 0 Å². The summed E-state index contributed by atoms with van der Waals surface area (Å²) < 4.78 is 0. The minimum absolute atomic E-state index is 0.0838. The first-order valence-corrected chi connectivity index (χ1v) is 11.1. The van der Waals surface area contributed by atoms with Gasteiger partial charge in [0.25, 0.3) is 0 Å². The lowest BCUT2D eigenvalue weighted by atomic mass is 9.45. The van der Waals surface area contributed by atoms with Gasteiger partial charge < -0.3 is 10.8 Å². The third-order valence-corrected chi connectivity index (χ3v) is 8.65. The Kier molecular flexibility index (Phi) is 5.45. The van der Waals surface area contributed by atoms with Crippen molar-refractivity contribution in [3.05, 3.63) is 23.4 Å². The Morgan fingerprint density at radius 1 is 1.29 bits per heavy atom. The van der Waals surface area contributed by atoms with Crippen molar-refractivity contribution in [2.45, 2.75) is 58.8 Å². The number of nitrogens with one attached hydrogen (secondary N) is 1. The van der Waals surface area contributed by atoms with Gasteiger partial charge in [-0.3, -0.25) is 15.1 Å². The largest absolute Gasteiger partial charge is 0.392 e. The Labute approximate surface area is 168 Å². The molecule has 0 aromatic carbocycles. The number of fused-ring (bicyclic) bond motifs is 5. The van der Waals surface area contributed by atoms with Crippen LogP contribution in [-0.4, -0.2) is 30.6 Å². The van der Waals surface area contributed by atoms with E-state index in [0.29, 0.717) is 42.6 Å². The number of aliphatic hydroxyl groups is 1. The molecule has 0 aromatic heterocycles. The molecule has 4 N–H and O–H groups in total. The highest BCUT2D eigenvalue weighted by molar-refractivity contribution is 5.87. The molecular weight excluding hydrogens is 352 g/mol. The Morgan fingerprint density at radius 3 is 2.86 bits per heavy atom. The number of carbonyl (C=O) groups excluding carboxylic acids is 1. The Hall–Kier alpha value is -1.17. The molecule has 3 fully saturated rings. The van der Waals surface area contributed by atoms with Crippen molar-refractivity contribution >= 4 is 5.78 Å². The maximum atomic E-state index is 12.6. The van der Waals surface area contributed by atoms with Crippen molar-refractivity contribution in [2.75, 3.05) is 19.8 Å². The van der Waals surface area contributed by atoms with E-state index in [0.717, 1.165) is 50.6 Å². The van der Waals surface area contributed by atoms with Gasteiger partial charge >= 0.3 is 0 Å². The Balaban J connectivity index is 1.64. The van der Waals surface area contributed by atoms with Crippen molar-refractivity contribution in [1.82, 2.24) is 5.48 Å². The van der Waals surface area contributed by atoms with Gasteiger partial charge in [-0.15, -0.1) is 0 Å². The lowest BCUT2D eigenvalue weighted by Gasteiger charge is -2.59. The molecule has 4 rings (SSSR count). The first kappa shape index (κ1) is 20.1. The normalized spacial score (nSPS) is 43.9. The molecule has 3 saturated carbocycles. The van der Waals surface area contributed by atoms with Crippen LogP contribution in [0.25, 0.3) is 0 Å². The van der Waals surface area contributed by atoms with Gasteiger partial charge in [-0.1, -0.05) is 31.6 Å². The molecule has 0 radical (unpaired) electrons. The van der Waals surface area contributed by atoms with E-state index >= 15 is 0 Å². The van der Waals surface area contributed by atoms with E-state index in [2.05, 4.69) is 25.4 Å². The lowest BCUT2D eigenvalue weighted by molar-refractivity contribution is -0.133. The third-order valence-electron chi connectivity index (χ3n) is 8.65. The molecule has 6 atom stereocenters. The van der Waals surface area contributed by atoms with Gasteiger partial charge in [-0.25, -0.2) is 0 Å². The highest BCUT2D eigenvalue weighted by atomic mass is 16.6. The van der Waals surface area contributed by atoms with Gasteiger partial charge in [-0.05, 0) is 61.7 Å². The molecule has 4 aliphatic carbocycles. The van der Waals surface area contributed by atoms with E-state index < -0.39 is 0 Å². The number of nitrogens with two attached hydrogens (primary N) is 1. The standard InChI is InChI=1S/C23H36N2O3/c1-22-8-5-16(25-28-12-10-24)14-20(22)15(7-11-26)13-17-18-3-4-21(27)23(18,2)9-6-19(17)22/h7,14,17-20,25-26H,3-6,8-13,24H2,1-2H3/t17-,18-,19-,20?,22+,23-/m0/s1. The number of hydroxylamine groups is 1. The fourth-order valence-electron chi connectivity index (χ4n) is 7.16. The summed E-state index contributed by atoms with van der Waals surface area (Å²) in [7, 11) is 0. The summed E-state index contributed by atoms with van der Waals surface area (Å²) in [5.74, 6) is 2.55. The van der Waals surface area contributed by atoms with Crippen molar-refractivity contribution in [3.8, 4) is 0 Å². The van der Waals surface area contributed by atoms with Crippen molar-refractivity contribution < 1.29 is 14.7 Å². The summed E-state index contributed by atoms with van der Waals surface area (Å²) >= 11 is 0. The predicted molar refractivity (Wildman–Crippen MR) is 109 cm³/mol. The monoisotopic (exact) mass is 388 g/mol. The van der Waals surface area contributed by atoms with Gasteiger partial charge in [0.15, 0.2) is 0 Å². The zero-order valence-corrected chi connectivity index (χ0v) is 17.4. The van der Waals surface area contributed by atoms with E-state index in [4.69, 9.17) is 10.6 Å². The van der Waals surface area contributed by atoms with Crippen LogP contribution >= 0.6 is 0 Å². The van der Waals surface area contributed by atoms with Crippen LogP contribution in [0.1, 0.15) is 58.8 Å². The second-order valence-electron chi connectivity index (χ2n) is 9.88. The molecule has 5 nitrogen and oxygen atoms in total. The van der Waals surface area contributed by atoms with Crippen LogP contribution < -0.4 is 11.2 Å². The van der Waals surface area contributed by atoms with E-state index in [9.17, 15) is 9.90 Å². The summed E-state index contributed by atoms with van der Waals surface area (Å²) in [4.78, 5) is 18.1. The molecular formula is C23H36N2O3. The van der Waals surface area contributed by atoms with Crippen LogP contribution in [0, 0.1) is 34.5 Å². The average molecular weight is 389 g/mol. The SMILES string of the molecule is C[C@]12CCC(NOCCN)=CC1C(=CCO)C[C@@H]1[C@@H]2CC[C@]2(C)C(=O)CC[C@@H]12. The summed E-state index contributed by atoms with van der Waals surface area (Å²) in [5, 5.41) is 9.70. The molecule has 0 aromatic rings. The number of carbonyl (C=O) groups is 1. The van der Waals surface area contributed by atoms with E-state index in [-0.39, 0.29) is 17.4 Å². The van der Waals surface area contributed by atoms with Crippen LogP contribution in [0.2, 0.25) is 0 Å². The number of hydrogen-bond donors (Lipinski definition) is 3. The maximum absolute atomic E-state index is 12.6. The van der Waals surface area contributed by atoms with Gasteiger partial charge in [0.2, 0.25) is 0 Å². The molecule has 0 aliphatic heterocycles. The first-order valence-electron chi connectivity index (χ1n) is 11.1. The van der Waals surface area contributed by atoms with Crippen LogP contribution in [0.3, 0.4) is 0 Å². The topological polar surface area (TPSA) is 84.6 Å².